The first-order chi connectivity index (χ1) is 71.0. The number of H-pyrrole nitrogens is 4. The summed E-state index contributed by atoms with van der Waals surface area (Å²) in [5.74, 6) is 3.86. The minimum absolute atomic E-state index is 0.0871. The molecule has 4 N–H and O–H groups in total. The van der Waals surface area contributed by atoms with Crippen molar-refractivity contribution < 1.29 is 36.9 Å². The van der Waals surface area contributed by atoms with Crippen molar-refractivity contribution in [2.75, 3.05) is 138 Å². The molecular formula is C108H110F3N25O5S4. The van der Waals surface area contributed by atoms with Crippen LogP contribution >= 0.6 is 45.3 Å². The van der Waals surface area contributed by atoms with Crippen LogP contribution < -0.4 is 18.9 Å². The minimum Gasteiger partial charge on any atom is -0.493 e. The summed E-state index contributed by atoms with van der Waals surface area (Å²) in [6.07, 6.45) is 23.5. The molecule has 145 heavy (non-hydrogen) atoms. The van der Waals surface area contributed by atoms with Gasteiger partial charge in [-0.2, -0.15) is 20.4 Å². The molecular weight excluding hydrogens is 1910 g/mol. The van der Waals surface area contributed by atoms with Crippen LogP contribution in [-0.2, 0) is 4.74 Å². The van der Waals surface area contributed by atoms with Gasteiger partial charge in [0, 0.05) is 225 Å². The number of nitrogens with zero attached hydrogens (tertiary/aromatic N) is 21. The molecule has 0 atom stereocenters. The van der Waals surface area contributed by atoms with Crippen molar-refractivity contribution in [2.24, 2.45) is 0 Å². The van der Waals surface area contributed by atoms with Crippen LogP contribution in [0.25, 0.3) is 152 Å². The molecule has 37 heteroatoms. The molecule has 20 aromatic rings. The number of likely N-dealkylation sites (tertiary alicyclic amines) is 2. The van der Waals surface area contributed by atoms with Crippen molar-refractivity contribution >= 4 is 67.4 Å². The molecule has 0 saturated carbocycles. The van der Waals surface area contributed by atoms with E-state index >= 15 is 0 Å². The number of benzene rings is 4. The average molecular weight is 2020 g/mol. The van der Waals surface area contributed by atoms with Crippen LogP contribution in [0.15, 0.2) is 244 Å². The van der Waals surface area contributed by atoms with Gasteiger partial charge in [0.1, 0.15) is 92.3 Å². The van der Waals surface area contributed by atoms with Gasteiger partial charge in [0.05, 0.1) is 129 Å². The molecule has 20 heterocycles. The molecule has 4 fully saturated rings. The number of piperidine rings is 2. The van der Waals surface area contributed by atoms with Crippen LogP contribution in [0.3, 0.4) is 0 Å². The third-order valence-electron chi connectivity index (χ3n) is 26.3. The molecule has 4 aliphatic rings. The maximum Gasteiger partial charge on any atom is 0.250 e. The maximum absolute atomic E-state index is 13.4. The second kappa shape index (κ2) is 44.5. The van der Waals surface area contributed by atoms with E-state index in [2.05, 4.69) is 115 Å². The number of nitrogens with one attached hydrogen (secondary N) is 4. The summed E-state index contributed by atoms with van der Waals surface area (Å²) in [4.78, 5) is 66.8. The van der Waals surface area contributed by atoms with E-state index < -0.39 is 12.1 Å². The number of hydrogen-bond acceptors (Lipinski definition) is 26. The third kappa shape index (κ3) is 22.5. The van der Waals surface area contributed by atoms with Crippen LogP contribution in [0, 0.1) is 27.7 Å². The van der Waals surface area contributed by atoms with E-state index in [1.807, 2.05) is 222 Å². The zero-order valence-electron chi connectivity index (χ0n) is 81.0. The molecule has 0 aliphatic carbocycles. The smallest absolute Gasteiger partial charge is 0.250 e. The van der Waals surface area contributed by atoms with E-state index in [4.69, 9.17) is 64.0 Å². The number of rotatable bonds is 29. The number of alkyl halides is 3. The Hall–Kier alpha value is -14.3. The van der Waals surface area contributed by atoms with Gasteiger partial charge in [-0.15, -0.1) is 45.3 Å². The number of pyridine rings is 4. The fraction of sp³-hybridized carbons (Fsp3) is 0.296. The normalized spacial score (nSPS) is 15.1. The Morgan fingerprint density at radius 2 is 0.648 bits per heavy atom. The maximum atomic E-state index is 13.4. The van der Waals surface area contributed by atoms with Crippen LogP contribution in [-0.4, -0.2) is 273 Å². The predicted molar refractivity (Wildman–Crippen MR) is 565 cm³/mol. The van der Waals surface area contributed by atoms with Crippen LogP contribution in [0.1, 0.15) is 54.9 Å². The van der Waals surface area contributed by atoms with E-state index in [1.165, 1.54) is 0 Å². The molecule has 24 rings (SSSR count). The van der Waals surface area contributed by atoms with Crippen molar-refractivity contribution in [3.05, 3.63) is 267 Å². The van der Waals surface area contributed by atoms with Gasteiger partial charge in [-0.25, -0.2) is 71.1 Å². The zero-order valence-corrected chi connectivity index (χ0v) is 84.3. The fourth-order valence-electron chi connectivity index (χ4n) is 18.5. The summed E-state index contributed by atoms with van der Waals surface area (Å²) in [5.41, 5.74) is 19.2. The number of thiazole rings is 4. The highest BCUT2D eigenvalue weighted by molar-refractivity contribution is 7.20. The van der Waals surface area contributed by atoms with Crippen LogP contribution in [0.5, 0.6) is 23.0 Å². The SMILES string of the molecule is Cc1nn2ccc(OCCCN3CCOCC3)cc2c1-c1nc(-c2ccccc2)c(-c2ncc[nH]2)s1.Cc1nn2ccc(OCCN3CCC(F)(F)CC3)cc2c1-c1nc(-c2ccccc2)c(-c2ncc[nH]2)s1.Cc1nn2ccc(OCCN3CCC(F)CC3)cc2c1-c1nc(-c2ccccc2)c(-c2ncc[nH]2)s1.Cc1nn2ccc(OCCN3CCN(C)CC3)cc2c1-c1nc(-c2ccccc2)c(-c2ncc[nH]2)s1. The molecule has 0 bridgehead atoms. The van der Waals surface area contributed by atoms with Crippen LogP contribution in [0.4, 0.5) is 13.2 Å². The van der Waals surface area contributed by atoms with Crippen molar-refractivity contribution in [1.29, 1.82) is 0 Å². The predicted octanol–water partition coefficient (Wildman–Crippen LogP) is 20.9. The molecule has 0 spiro atoms. The second-order valence-corrected chi connectivity index (χ2v) is 40.2. The molecule has 4 aliphatic heterocycles. The summed E-state index contributed by atoms with van der Waals surface area (Å²) in [7, 11) is 2.18. The molecule has 16 aromatic heterocycles. The summed E-state index contributed by atoms with van der Waals surface area (Å²) < 4.78 is 77.6. The third-order valence-corrected chi connectivity index (χ3v) is 30.6. The van der Waals surface area contributed by atoms with E-state index in [-0.39, 0.29) is 12.8 Å². The van der Waals surface area contributed by atoms with Crippen molar-refractivity contribution in [3.63, 3.8) is 0 Å². The van der Waals surface area contributed by atoms with Crippen molar-refractivity contribution in [3.8, 4) is 153 Å². The molecule has 30 nitrogen and oxygen atoms in total. The summed E-state index contributed by atoms with van der Waals surface area (Å²) >= 11 is 6.44. The quantitative estimate of drug-likeness (QED) is 0.0317. The number of ether oxygens (including phenoxy) is 5. The Morgan fingerprint density at radius 1 is 0.359 bits per heavy atom. The number of fused-ring (bicyclic) bond motifs is 4. The van der Waals surface area contributed by atoms with Gasteiger partial charge in [0.25, 0.3) is 5.92 Å². The minimum atomic E-state index is -2.54. The Labute approximate surface area is 851 Å². The van der Waals surface area contributed by atoms with Gasteiger partial charge in [-0.1, -0.05) is 121 Å². The average Bonchev–Trinajstić information content (AvgIpc) is 1.62. The Morgan fingerprint density at radius 3 is 0.952 bits per heavy atom. The molecule has 742 valence electrons. The van der Waals surface area contributed by atoms with Gasteiger partial charge in [0.2, 0.25) is 0 Å². The lowest BCUT2D eigenvalue weighted by Gasteiger charge is -2.32. The molecule has 0 unspecified atom stereocenters. The fourth-order valence-corrected chi connectivity index (χ4v) is 23.2. The second-order valence-electron chi connectivity index (χ2n) is 36.2. The number of morpholine rings is 1. The van der Waals surface area contributed by atoms with E-state index in [0.717, 1.165) is 284 Å². The molecule has 0 radical (unpaired) electrons. The number of aromatic amines is 4. The van der Waals surface area contributed by atoms with Gasteiger partial charge in [-0.05, 0) is 78.3 Å². The van der Waals surface area contributed by atoms with E-state index in [1.54, 1.807) is 70.1 Å². The zero-order chi connectivity index (χ0) is 98.7. The Kier molecular flexibility index (Phi) is 29.8. The highest BCUT2D eigenvalue weighted by Gasteiger charge is 2.35. The number of aromatic nitrogens is 20. The number of likely N-dealkylation sites (N-methyl/N-ethyl adjacent to an activating group) is 1. The van der Waals surface area contributed by atoms with Gasteiger partial charge in [-0.3, -0.25) is 19.6 Å². The first-order valence-electron chi connectivity index (χ1n) is 48.9. The van der Waals surface area contributed by atoms with Crippen molar-refractivity contribution in [1.82, 2.24) is 123 Å². The molecule has 4 aromatic carbocycles. The highest BCUT2D eigenvalue weighted by atomic mass is 32.1. The first kappa shape index (κ1) is 96.9. The van der Waals surface area contributed by atoms with Crippen LogP contribution in [0.2, 0.25) is 0 Å². The standard InChI is InChI=1S/C27H26F2N6OS.C27H27FN6OS.C27H29N7OS.C27H28N6O2S/c1-18-22(26-32-23(19-5-3-2-4-6-19)24(37-26)25-30-10-11-31-25)21-17-20(7-12-35(21)33-18)36-16-15-34-13-8-27(28,29)9-14-34;1-18-23(27-31-24(19-5-3-2-4-6-19)25(36-27)26-29-10-11-30-26)22-17-21(9-14-34(22)32-18)35-16-15-33-12-7-20(28)8-13-33;1-19-23(27-30-24(20-6-4-3-5-7-20)25(36-27)26-28-9-10-29-26)22-18-21(8-11-34(22)31-19)35-17-16-33-14-12-32(2)13-15-33;1-19-23(27-30-24(20-6-3-2-4-7-20)25(36-27)26-28-9-10-29-26)22-18-21(8-12-33(22)31-19)35-15-5-11-32-13-16-34-17-14-32/h2-7,10-12,17H,8-9,13-16H2,1H3,(H,30,31);2-6,9-11,14,17,20H,7-8,12-13,15-16H2,1H3,(H,29,30);3-11,18H,12-17H2,1-2H3,(H,28,29);2-4,6-10,12,18H,5,11,13-17H2,1H3,(H,28,29). The topological polar surface area (TPSA) is 298 Å². The number of halogens is 3. The van der Waals surface area contributed by atoms with Crippen molar-refractivity contribution in [2.45, 2.75) is 71.9 Å². The Balaban J connectivity index is 0.000000114. The lowest BCUT2D eigenvalue weighted by Crippen LogP contribution is -2.45. The molecule has 0 amide bonds. The first-order valence-corrected chi connectivity index (χ1v) is 52.2. The van der Waals surface area contributed by atoms with E-state index in [9.17, 15) is 13.2 Å². The number of imidazole rings is 4. The largest absolute Gasteiger partial charge is 0.493 e. The van der Waals surface area contributed by atoms with E-state index in [0.29, 0.717) is 64.7 Å². The molecule has 4 saturated heterocycles. The lowest BCUT2D eigenvalue weighted by atomic mass is 10.1. The van der Waals surface area contributed by atoms with Gasteiger partial charge >= 0.3 is 0 Å². The lowest BCUT2D eigenvalue weighted by molar-refractivity contribution is -0.0564. The van der Waals surface area contributed by atoms with Gasteiger partial charge < -0.3 is 48.5 Å². The monoisotopic (exact) mass is 2020 g/mol. The number of hydrogen-bond donors (Lipinski definition) is 4. The Bertz CT molecular complexity index is 7430. The highest BCUT2D eigenvalue weighted by Crippen LogP contribution is 2.48. The summed E-state index contributed by atoms with van der Waals surface area (Å²) in [6, 6.07) is 56.7. The summed E-state index contributed by atoms with van der Waals surface area (Å²) in [5, 5.41) is 22.5. The summed E-state index contributed by atoms with van der Waals surface area (Å²) in [6.45, 7) is 24.2. The number of piperazine rings is 1. The van der Waals surface area contributed by atoms with Gasteiger partial charge in [0.15, 0.2) is 0 Å². The number of aryl methyl sites for hydroxylation is 4.